The van der Waals surface area contributed by atoms with Crippen LogP contribution in [0.15, 0.2) is 18.5 Å². The third kappa shape index (κ3) is 5.19. The Bertz CT molecular complexity index is 1310. The van der Waals surface area contributed by atoms with Gasteiger partial charge in [0.1, 0.15) is 35.2 Å². The third-order valence-electron chi connectivity index (χ3n) is 5.10. The molecule has 1 fully saturated rings. The van der Waals surface area contributed by atoms with Gasteiger partial charge in [0.05, 0.1) is 12.7 Å². The molecule has 2 aromatic rings. The molecule has 194 valence electrons. The van der Waals surface area contributed by atoms with Gasteiger partial charge in [0, 0.05) is 7.11 Å². The van der Waals surface area contributed by atoms with Crippen molar-refractivity contribution in [3.05, 3.63) is 24.2 Å². The number of nitriles is 1. The largest absolute Gasteiger partial charge is 0.490 e. The van der Waals surface area contributed by atoms with Crippen molar-refractivity contribution in [2.45, 2.75) is 24.9 Å². The number of hydrogen-bond donors (Lipinski definition) is 6. The van der Waals surface area contributed by atoms with Crippen LogP contribution in [-0.2, 0) is 42.1 Å². The number of aliphatic hydroxyl groups excluding tert-OH is 1. The van der Waals surface area contributed by atoms with Crippen molar-refractivity contribution in [2.24, 2.45) is 5.41 Å². The molecule has 1 aliphatic rings. The molecule has 0 amide bonds. The van der Waals surface area contributed by atoms with Crippen molar-refractivity contribution in [3.8, 4) is 6.07 Å². The summed E-state index contributed by atoms with van der Waals surface area (Å²) in [5.74, 6) is -1.96. The predicted molar refractivity (Wildman–Crippen MR) is 111 cm³/mol. The van der Waals surface area contributed by atoms with Crippen LogP contribution in [-0.4, -0.2) is 65.2 Å². The molecule has 0 aromatic carbocycles. The molecule has 3 heterocycles. The highest BCUT2D eigenvalue weighted by Gasteiger charge is 2.67. The minimum atomic E-state index is -5.76. The van der Waals surface area contributed by atoms with E-state index in [9.17, 15) is 33.9 Å². The summed E-state index contributed by atoms with van der Waals surface area (Å²) < 4.78 is 58.7. The van der Waals surface area contributed by atoms with Gasteiger partial charge in [-0.2, -0.15) is 19.0 Å². The van der Waals surface area contributed by atoms with Gasteiger partial charge in [0.25, 0.3) is 0 Å². The normalized spacial score (nSPS) is 30.6. The van der Waals surface area contributed by atoms with E-state index in [-0.39, 0.29) is 11.5 Å². The molecule has 0 bridgehead atoms. The molecular formula is C14H20N5O13P3. The molecule has 1 aliphatic heterocycles. The maximum atomic E-state index is 12.1. The number of fused-ring (bicyclic) bond motifs is 1. The van der Waals surface area contributed by atoms with Crippen molar-refractivity contribution in [3.63, 3.8) is 0 Å². The van der Waals surface area contributed by atoms with E-state index in [4.69, 9.17) is 25.0 Å². The highest BCUT2D eigenvalue weighted by molar-refractivity contribution is 7.66. The summed E-state index contributed by atoms with van der Waals surface area (Å²) in [5, 5.41) is 24.8. The quantitative estimate of drug-likeness (QED) is 0.216. The maximum absolute atomic E-state index is 12.1. The molecule has 3 rings (SSSR count). The molecule has 7 N–H and O–H groups in total. The minimum absolute atomic E-state index is 0.0823. The van der Waals surface area contributed by atoms with Gasteiger partial charge in [-0.3, -0.25) is 4.52 Å². The van der Waals surface area contributed by atoms with Crippen LogP contribution in [0.4, 0.5) is 5.82 Å². The van der Waals surface area contributed by atoms with Crippen LogP contribution in [0.25, 0.3) is 5.52 Å². The smallest absolute Gasteiger partial charge is 0.388 e. The first-order valence-corrected chi connectivity index (χ1v) is 13.7. The number of rotatable bonds is 9. The van der Waals surface area contributed by atoms with E-state index in [1.807, 2.05) is 6.07 Å². The Kier molecular flexibility index (Phi) is 7.35. The Morgan fingerprint density at radius 1 is 1.23 bits per heavy atom. The average molecular weight is 559 g/mol. The zero-order chi connectivity index (χ0) is 26.4. The summed E-state index contributed by atoms with van der Waals surface area (Å²) in [4.78, 5) is 40.0. The van der Waals surface area contributed by atoms with Gasteiger partial charge in [-0.25, -0.2) is 23.2 Å². The van der Waals surface area contributed by atoms with E-state index >= 15 is 0 Å². The molecule has 2 unspecified atom stereocenters. The molecule has 35 heavy (non-hydrogen) atoms. The van der Waals surface area contributed by atoms with E-state index in [2.05, 4.69) is 23.2 Å². The summed E-state index contributed by atoms with van der Waals surface area (Å²) in [6.07, 6.45) is -2.20. The summed E-state index contributed by atoms with van der Waals surface area (Å²) >= 11 is 0. The topological polar surface area (TPSA) is 279 Å². The fraction of sp³-hybridized carbons (Fsp3) is 0.500. The zero-order valence-corrected chi connectivity index (χ0v) is 20.5. The number of ether oxygens (including phenoxy) is 2. The fourth-order valence-electron chi connectivity index (χ4n) is 3.60. The average Bonchev–Trinajstić information content (AvgIpc) is 3.24. The molecule has 6 atom stereocenters. The van der Waals surface area contributed by atoms with Gasteiger partial charge in [0.2, 0.25) is 5.79 Å². The van der Waals surface area contributed by atoms with Gasteiger partial charge in [-0.05, 0) is 19.1 Å². The van der Waals surface area contributed by atoms with Crippen LogP contribution in [0.1, 0.15) is 12.6 Å². The molecule has 0 radical (unpaired) electrons. The second-order valence-electron chi connectivity index (χ2n) is 7.28. The number of aromatic nitrogens is 3. The van der Waals surface area contributed by atoms with Gasteiger partial charge in [-0.15, -0.1) is 0 Å². The second kappa shape index (κ2) is 9.25. The van der Waals surface area contributed by atoms with Crippen molar-refractivity contribution < 1.29 is 61.0 Å². The van der Waals surface area contributed by atoms with E-state index in [1.165, 1.54) is 23.6 Å². The SMILES string of the molecule is CO[C@@]1(c2ccc3c(N)ncnn23)O[C@H](COP(=O)(O)OP(=O)(O)OP(=O)(O)O)[C@@H](O)[C@@]1(C)C#N. The van der Waals surface area contributed by atoms with Gasteiger partial charge in [0.15, 0.2) is 5.82 Å². The molecule has 0 aliphatic carbocycles. The van der Waals surface area contributed by atoms with Crippen LogP contribution >= 0.6 is 23.5 Å². The van der Waals surface area contributed by atoms with Crippen LogP contribution in [0, 0.1) is 16.7 Å². The summed E-state index contributed by atoms with van der Waals surface area (Å²) in [6.45, 7) is 0.254. The van der Waals surface area contributed by atoms with Crippen LogP contribution < -0.4 is 5.73 Å². The highest BCUT2D eigenvalue weighted by Crippen LogP contribution is 2.66. The van der Waals surface area contributed by atoms with Crippen LogP contribution in [0.2, 0.25) is 0 Å². The fourth-order valence-corrected chi connectivity index (χ4v) is 6.63. The Morgan fingerprint density at radius 3 is 2.46 bits per heavy atom. The minimum Gasteiger partial charge on any atom is -0.388 e. The van der Waals surface area contributed by atoms with Crippen molar-refractivity contribution in [1.82, 2.24) is 14.6 Å². The molecule has 0 saturated carbocycles. The molecular weight excluding hydrogens is 539 g/mol. The van der Waals surface area contributed by atoms with Crippen LogP contribution in [0.5, 0.6) is 0 Å². The van der Waals surface area contributed by atoms with E-state index in [0.717, 1.165) is 13.4 Å². The standard InChI is InChI=1S/C14H20N5O13P3/c1-13(6-15)11(20)9(5-29-34(24,25)32-35(26,27)31-33(21,22)23)30-14(13,28-2)10-4-3-8-12(16)17-7-18-19(8)10/h3-4,7,9,11,20H,5H2,1-2H3,(H,24,25)(H,26,27)(H2,16,17,18)(H2,21,22,23)/t9-,11-,13-,14+/m1/s1. The lowest BCUT2D eigenvalue weighted by Gasteiger charge is -2.36. The lowest BCUT2D eigenvalue weighted by Crippen LogP contribution is -2.47. The van der Waals surface area contributed by atoms with E-state index in [1.54, 1.807) is 0 Å². The molecule has 2 aromatic heterocycles. The Labute approximate surface area is 196 Å². The van der Waals surface area contributed by atoms with E-state index in [0.29, 0.717) is 5.52 Å². The van der Waals surface area contributed by atoms with Gasteiger partial charge < -0.3 is 39.9 Å². The molecule has 0 spiro atoms. The lowest BCUT2D eigenvalue weighted by atomic mass is 9.76. The summed E-state index contributed by atoms with van der Waals surface area (Å²) in [6, 6.07) is 4.83. The second-order valence-corrected chi connectivity index (χ2v) is 11.7. The Morgan fingerprint density at radius 2 is 1.89 bits per heavy atom. The maximum Gasteiger partial charge on any atom is 0.490 e. The first-order valence-electron chi connectivity index (χ1n) is 9.20. The van der Waals surface area contributed by atoms with E-state index < -0.39 is 53.5 Å². The third-order valence-corrected chi connectivity index (χ3v) is 8.90. The summed E-state index contributed by atoms with van der Waals surface area (Å²) in [5.41, 5.74) is 4.34. The van der Waals surface area contributed by atoms with Gasteiger partial charge >= 0.3 is 23.5 Å². The van der Waals surface area contributed by atoms with Crippen LogP contribution in [0.3, 0.4) is 0 Å². The lowest BCUT2D eigenvalue weighted by molar-refractivity contribution is -0.258. The first kappa shape index (κ1) is 27.8. The number of nitrogens with zero attached hydrogens (tertiary/aromatic N) is 4. The highest BCUT2D eigenvalue weighted by atomic mass is 31.3. The summed E-state index contributed by atoms with van der Waals surface area (Å²) in [7, 11) is -15.7. The monoisotopic (exact) mass is 559 g/mol. The molecule has 18 nitrogen and oxygen atoms in total. The number of phosphoric acid groups is 3. The molecule has 21 heteroatoms. The Balaban J connectivity index is 1.90. The zero-order valence-electron chi connectivity index (χ0n) is 17.8. The first-order chi connectivity index (χ1) is 16.0. The number of methoxy groups -OCH3 is 1. The number of anilines is 1. The number of phosphoric ester groups is 1. The predicted octanol–water partition coefficient (Wildman–Crippen LogP) is -0.256. The number of nitrogens with two attached hydrogens (primary N) is 1. The number of aliphatic hydroxyl groups is 1. The number of nitrogen functional groups attached to an aromatic ring is 1. The van der Waals surface area contributed by atoms with Crippen molar-refractivity contribution in [2.75, 3.05) is 19.5 Å². The Hall–Kier alpha value is -1.80. The van der Waals surface area contributed by atoms with Crippen molar-refractivity contribution >= 4 is 34.8 Å². The number of hydrogen-bond acceptors (Lipinski definition) is 13. The van der Waals surface area contributed by atoms with Crippen molar-refractivity contribution in [1.29, 1.82) is 5.26 Å². The van der Waals surface area contributed by atoms with Gasteiger partial charge in [-0.1, -0.05) is 0 Å². The molecule has 1 saturated heterocycles.